The molecule has 0 spiro atoms. The Morgan fingerprint density at radius 2 is 1.79 bits per heavy atom. The summed E-state index contributed by atoms with van der Waals surface area (Å²) in [5, 5.41) is 2.24. The van der Waals surface area contributed by atoms with Crippen LogP contribution in [0.15, 0.2) is 24.3 Å². The van der Waals surface area contributed by atoms with E-state index in [2.05, 4.69) is 5.32 Å². The summed E-state index contributed by atoms with van der Waals surface area (Å²) in [7, 11) is 0. The van der Waals surface area contributed by atoms with Gasteiger partial charge in [-0.1, -0.05) is 29.8 Å². The molecule has 1 atom stereocenters. The van der Waals surface area contributed by atoms with Gasteiger partial charge in [-0.15, -0.1) is 0 Å². The lowest BCUT2D eigenvalue weighted by atomic mass is 10.0. The number of benzene rings is 1. The number of rotatable bonds is 6. The van der Waals surface area contributed by atoms with E-state index in [-0.39, 0.29) is 42.9 Å². The van der Waals surface area contributed by atoms with Crippen molar-refractivity contribution in [1.29, 1.82) is 0 Å². The topological polar surface area (TPSA) is 83.6 Å². The Balaban J connectivity index is 1.62. The molecule has 6 heteroatoms. The van der Waals surface area contributed by atoms with Gasteiger partial charge in [0.15, 0.2) is 5.78 Å². The van der Waals surface area contributed by atoms with Crippen LogP contribution in [0, 0.1) is 6.92 Å². The first-order chi connectivity index (χ1) is 11.5. The number of hydrogen-bond donors (Lipinski definition) is 1. The molecular formula is C18H20N2O4. The van der Waals surface area contributed by atoms with Crippen LogP contribution in [0.4, 0.5) is 0 Å². The molecule has 1 aliphatic carbocycles. The van der Waals surface area contributed by atoms with Crippen molar-refractivity contribution >= 4 is 23.5 Å². The van der Waals surface area contributed by atoms with Crippen molar-refractivity contribution in [2.45, 2.75) is 51.1 Å². The summed E-state index contributed by atoms with van der Waals surface area (Å²) in [6.45, 7) is 1.94. The van der Waals surface area contributed by atoms with Crippen LogP contribution in [0.3, 0.4) is 0 Å². The van der Waals surface area contributed by atoms with Gasteiger partial charge in [-0.3, -0.25) is 24.5 Å². The van der Waals surface area contributed by atoms with E-state index in [1.807, 2.05) is 19.1 Å². The molecule has 6 nitrogen and oxygen atoms in total. The monoisotopic (exact) mass is 328 g/mol. The van der Waals surface area contributed by atoms with Crippen molar-refractivity contribution in [1.82, 2.24) is 10.2 Å². The predicted octanol–water partition coefficient (Wildman–Crippen LogP) is 1.36. The standard InChI is InChI=1S/C18H20N2O4/c1-11-2-4-12(5-3-11)15(21)8-9-17(23)20(13-6-7-13)14-10-16(22)19-18(14)24/h2-5,13-14H,6-10H2,1H3,(H,19,22,24)/t14-/m0/s1. The van der Waals surface area contributed by atoms with Crippen LogP contribution in [0.5, 0.6) is 0 Å². The Bertz CT molecular complexity index is 691. The maximum atomic E-state index is 12.5. The fraction of sp³-hybridized carbons (Fsp3) is 0.444. The Labute approximate surface area is 140 Å². The zero-order valence-electron chi connectivity index (χ0n) is 13.6. The molecule has 126 valence electrons. The van der Waals surface area contributed by atoms with Gasteiger partial charge in [0, 0.05) is 24.4 Å². The lowest BCUT2D eigenvalue weighted by Crippen LogP contribution is -2.46. The maximum Gasteiger partial charge on any atom is 0.249 e. The summed E-state index contributed by atoms with van der Waals surface area (Å²) in [6.07, 6.45) is 1.87. The largest absolute Gasteiger partial charge is 0.327 e. The van der Waals surface area contributed by atoms with Crippen LogP contribution < -0.4 is 5.32 Å². The molecule has 0 radical (unpaired) electrons. The predicted molar refractivity (Wildman–Crippen MR) is 86.2 cm³/mol. The van der Waals surface area contributed by atoms with Crippen molar-refractivity contribution in [3.8, 4) is 0 Å². The summed E-state index contributed by atoms with van der Waals surface area (Å²) in [4.78, 5) is 49.5. The zero-order chi connectivity index (χ0) is 17.3. The van der Waals surface area contributed by atoms with E-state index in [4.69, 9.17) is 0 Å². The molecule has 1 heterocycles. The Hall–Kier alpha value is -2.50. The number of hydrogen-bond acceptors (Lipinski definition) is 4. The van der Waals surface area contributed by atoms with E-state index in [1.54, 1.807) is 12.1 Å². The lowest BCUT2D eigenvalue weighted by Gasteiger charge is -2.26. The minimum Gasteiger partial charge on any atom is -0.327 e. The van der Waals surface area contributed by atoms with Gasteiger partial charge in [0.05, 0.1) is 6.42 Å². The van der Waals surface area contributed by atoms with E-state index in [1.165, 1.54) is 4.90 Å². The summed E-state index contributed by atoms with van der Waals surface area (Å²) in [6, 6.07) is 6.54. The fourth-order valence-electron chi connectivity index (χ4n) is 2.98. The third-order valence-corrected chi connectivity index (χ3v) is 4.45. The summed E-state index contributed by atoms with van der Waals surface area (Å²) < 4.78 is 0. The minimum absolute atomic E-state index is 0.0208. The SMILES string of the molecule is Cc1ccc(C(=O)CCC(=O)N(C2CC2)[C@H]2CC(=O)NC2=O)cc1. The van der Waals surface area contributed by atoms with Crippen molar-refractivity contribution < 1.29 is 19.2 Å². The second-order valence-electron chi connectivity index (χ2n) is 6.45. The molecule has 1 aliphatic heterocycles. The van der Waals surface area contributed by atoms with Gasteiger partial charge in [-0.25, -0.2) is 0 Å². The number of carbonyl (C=O) groups is 4. The Morgan fingerprint density at radius 3 is 2.33 bits per heavy atom. The van der Waals surface area contributed by atoms with Crippen molar-refractivity contribution in [2.24, 2.45) is 0 Å². The summed E-state index contributed by atoms with van der Waals surface area (Å²) in [5.41, 5.74) is 1.65. The molecule has 1 saturated heterocycles. The van der Waals surface area contributed by atoms with Gasteiger partial charge >= 0.3 is 0 Å². The van der Waals surface area contributed by atoms with E-state index >= 15 is 0 Å². The highest BCUT2D eigenvalue weighted by Crippen LogP contribution is 2.31. The smallest absolute Gasteiger partial charge is 0.249 e. The molecule has 1 N–H and O–H groups in total. The van der Waals surface area contributed by atoms with Crippen LogP contribution in [-0.2, 0) is 14.4 Å². The van der Waals surface area contributed by atoms with E-state index in [9.17, 15) is 19.2 Å². The lowest BCUT2D eigenvalue weighted by molar-refractivity contribution is -0.139. The van der Waals surface area contributed by atoms with Crippen LogP contribution in [0.1, 0.15) is 48.0 Å². The number of amides is 3. The van der Waals surface area contributed by atoms with Crippen LogP contribution >= 0.6 is 0 Å². The molecule has 0 bridgehead atoms. The van der Waals surface area contributed by atoms with Crippen molar-refractivity contribution in [3.63, 3.8) is 0 Å². The fourth-order valence-corrected chi connectivity index (χ4v) is 2.98. The second kappa shape index (κ2) is 6.55. The highest BCUT2D eigenvalue weighted by atomic mass is 16.2. The second-order valence-corrected chi connectivity index (χ2v) is 6.45. The normalized spacial score (nSPS) is 20.0. The molecule has 1 aromatic carbocycles. The molecule has 1 aromatic rings. The summed E-state index contributed by atoms with van der Waals surface area (Å²) >= 11 is 0. The maximum absolute atomic E-state index is 12.5. The average Bonchev–Trinajstić information content (AvgIpc) is 3.31. The third kappa shape index (κ3) is 3.53. The van der Waals surface area contributed by atoms with Crippen LogP contribution in [0.25, 0.3) is 0 Å². The molecule has 3 amide bonds. The zero-order valence-corrected chi connectivity index (χ0v) is 13.6. The van der Waals surface area contributed by atoms with E-state index in [0.29, 0.717) is 5.56 Å². The molecular weight excluding hydrogens is 308 g/mol. The number of imide groups is 1. The Kier molecular flexibility index (Phi) is 4.46. The highest BCUT2D eigenvalue weighted by Gasteiger charge is 2.44. The molecule has 0 unspecified atom stereocenters. The van der Waals surface area contributed by atoms with Gasteiger partial charge in [0.25, 0.3) is 0 Å². The van der Waals surface area contributed by atoms with Crippen LogP contribution in [0.2, 0.25) is 0 Å². The van der Waals surface area contributed by atoms with Crippen LogP contribution in [-0.4, -0.2) is 40.5 Å². The van der Waals surface area contributed by atoms with Gasteiger partial charge in [-0.05, 0) is 19.8 Å². The molecule has 24 heavy (non-hydrogen) atoms. The molecule has 2 fully saturated rings. The first-order valence-electron chi connectivity index (χ1n) is 8.20. The first-order valence-corrected chi connectivity index (χ1v) is 8.20. The number of aryl methyl sites for hydroxylation is 1. The summed E-state index contributed by atoms with van der Waals surface area (Å²) in [5.74, 6) is -1.08. The van der Waals surface area contributed by atoms with Gasteiger partial charge in [0.1, 0.15) is 6.04 Å². The average molecular weight is 328 g/mol. The minimum atomic E-state index is -0.716. The highest BCUT2D eigenvalue weighted by molar-refractivity contribution is 6.07. The van der Waals surface area contributed by atoms with E-state index in [0.717, 1.165) is 18.4 Å². The molecule has 3 rings (SSSR count). The van der Waals surface area contributed by atoms with E-state index < -0.39 is 11.9 Å². The number of nitrogens with one attached hydrogen (secondary N) is 1. The van der Waals surface area contributed by atoms with Gasteiger partial charge in [-0.2, -0.15) is 0 Å². The first kappa shape index (κ1) is 16.4. The van der Waals surface area contributed by atoms with Crippen molar-refractivity contribution in [2.75, 3.05) is 0 Å². The molecule has 0 aromatic heterocycles. The molecule has 2 aliphatic rings. The van der Waals surface area contributed by atoms with Crippen molar-refractivity contribution in [3.05, 3.63) is 35.4 Å². The van der Waals surface area contributed by atoms with Gasteiger partial charge < -0.3 is 4.90 Å². The number of Topliss-reactive ketones (excluding diaryl/α,β-unsaturated/α-hetero) is 1. The number of nitrogens with zero attached hydrogens (tertiary/aromatic N) is 1. The third-order valence-electron chi connectivity index (χ3n) is 4.45. The number of carbonyl (C=O) groups excluding carboxylic acids is 4. The number of ketones is 1. The Morgan fingerprint density at radius 1 is 1.12 bits per heavy atom. The van der Waals surface area contributed by atoms with Gasteiger partial charge in [0.2, 0.25) is 17.7 Å². The quantitative estimate of drug-likeness (QED) is 0.631. The molecule has 1 saturated carbocycles.